The van der Waals surface area contributed by atoms with E-state index in [1.165, 1.54) is 0 Å². The van der Waals surface area contributed by atoms with Crippen LogP contribution in [0.1, 0.15) is 0 Å². The average Bonchev–Trinajstić information content (AvgIpc) is 2.29. The molecule has 176 valence electrons. The molecular formula is C8HF17O3S. The van der Waals surface area contributed by atoms with E-state index in [4.69, 9.17) is 4.55 Å². The molecule has 0 saturated heterocycles. The van der Waals surface area contributed by atoms with Gasteiger partial charge in [-0.05, 0) is 0 Å². The fourth-order valence-electron chi connectivity index (χ4n) is 2.00. The van der Waals surface area contributed by atoms with Gasteiger partial charge in [-0.15, -0.1) is 0 Å². The minimum Gasteiger partial charge on any atom is -0.283 e. The molecule has 0 bridgehead atoms. The Morgan fingerprint density at radius 2 is 0.690 bits per heavy atom. The Hall–Kier alpha value is -1.28. The third kappa shape index (κ3) is 3.26. The molecule has 0 aliphatic carbocycles. The molecule has 29 heavy (non-hydrogen) atoms. The van der Waals surface area contributed by atoms with Gasteiger partial charge in [-0.2, -0.15) is 78.7 Å². The van der Waals surface area contributed by atoms with Gasteiger partial charge in [0.1, 0.15) is 0 Å². The molecule has 0 radical (unpaired) electrons. The maximum atomic E-state index is 14.2. The Bertz CT molecular complexity index is 686. The topological polar surface area (TPSA) is 54.4 Å². The fourth-order valence-corrected chi connectivity index (χ4v) is 3.19. The molecule has 21 heteroatoms. The lowest BCUT2D eigenvalue weighted by Gasteiger charge is -2.48. The first-order valence-electron chi connectivity index (χ1n) is 5.68. The molecule has 1 atom stereocenters. The van der Waals surface area contributed by atoms with Gasteiger partial charge in [0, 0.05) is 0 Å². The summed E-state index contributed by atoms with van der Waals surface area (Å²) >= 11 is 0. The Labute approximate surface area is 146 Å². The SMILES string of the molecule is O=S(=O)(O)C(F)(C(F)(F)C(F)(F)C(F)(F)F)C(C(F)(F)F)(C(F)(F)F)C(F)(F)F. The van der Waals surface area contributed by atoms with Crippen LogP contribution >= 0.6 is 0 Å². The van der Waals surface area contributed by atoms with Crippen molar-refractivity contribution < 1.29 is 87.6 Å². The highest BCUT2D eigenvalue weighted by Gasteiger charge is 3.03. The summed E-state index contributed by atoms with van der Waals surface area (Å²) in [4.78, 5) is 0. The summed E-state index contributed by atoms with van der Waals surface area (Å²) in [6, 6.07) is 0. The van der Waals surface area contributed by atoms with Gasteiger partial charge < -0.3 is 0 Å². The zero-order valence-corrected chi connectivity index (χ0v) is 12.9. The number of rotatable bonds is 4. The van der Waals surface area contributed by atoms with E-state index in [-0.39, 0.29) is 0 Å². The van der Waals surface area contributed by atoms with Crippen LogP contribution in [-0.4, -0.2) is 54.5 Å². The van der Waals surface area contributed by atoms with Gasteiger partial charge in [0.15, 0.2) is 0 Å². The molecule has 0 amide bonds. The first-order chi connectivity index (χ1) is 12.0. The average molecular weight is 500 g/mol. The van der Waals surface area contributed by atoms with E-state index >= 15 is 0 Å². The predicted octanol–water partition coefficient (Wildman–Crippen LogP) is 5.05. The van der Waals surface area contributed by atoms with Crippen molar-refractivity contribution in [2.24, 2.45) is 5.41 Å². The monoisotopic (exact) mass is 500 g/mol. The van der Waals surface area contributed by atoms with Crippen LogP contribution in [0, 0.1) is 5.41 Å². The third-order valence-electron chi connectivity index (χ3n) is 3.27. The zero-order chi connectivity index (χ0) is 24.5. The number of halogens is 17. The summed E-state index contributed by atoms with van der Waals surface area (Å²) < 4.78 is 246. The standard InChI is InChI=1S/C8HF17O3S/c9-2(10,3(11,12)8(23,24)25)4(13,29(26,27)28)1(5(14,15)16,6(17,18)19)7(20,21)22/h(H,26,27,28). The van der Waals surface area contributed by atoms with Gasteiger partial charge in [0.05, 0.1) is 0 Å². The third-order valence-corrected chi connectivity index (χ3v) is 4.54. The second-order valence-electron chi connectivity index (χ2n) is 4.96. The molecule has 0 heterocycles. The van der Waals surface area contributed by atoms with E-state index in [9.17, 15) is 83.1 Å². The van der Waals surface area contributed by atoms with Crippen LogP contribution < -0.4 is 0 Å². The number of hydrogen-bond acceptors (Lipinski definition) is 2. The number of hydrogen-bond donors (Lipinski definition) is 1. The quantitative estimate of drug-likeness (QED) is 0.435. The van der Waals surface area contributed by atoms with Gasteiger partial charge in [-0.3, -0.25) is 4.55 Å². The molecule has 0 rings (SSSR count). The van der Waals surface area contributed by atoms with Gasteiger partial charge in [0.25, 0.3) is 0 Å². The Kier molecular flexibility index (Phi) is 6.08. The maximum absolute atomic E-state index is 14.2. The molecule has 0 aliphatic rings. The summed E-state index contributed by atoms with van der Waals surface area (Å²) in [7, 11) is -9.03. The zero-order valence-electron chi connectivity index (χ0n) is 12.1. The van der Waals surface area contributed by atoms with Crippen molar-refractivity contribution in [3.63, 3.8) is 0 Å². The molecule has 0 saturated carbocycles. The summed E-state index contributed by atoms with van der Waals surface area (Å²) in [5, 5.41) is -9.11. The summed E-state index contributed by atoms with van der Waals surface area (Å²) in [6.07, 6.45) is -34.3. The van der Waals surface area contributed by atoms with E-state index in [1.807, 2.05) is 0 Å². The second-order valence-corrected chi connectivity index (χ2v) is 6.47. The molecule has 0 aromatic carbocycles. The summed E-state index contributed by atoms with van der Waals surface area (Å²) in [6.45, 7) is 0. The molecule has 1 N–H and O–H groups in total. The lowest BCUT2D eigenvalue weighted by Crippen LogP contribution is -2.80. The van der Waals surface area contributed by atoms with E-state index < -0.39 is 57.1 Å². The Morgan fingerprint density at radius 1 is 0.448 bits per heavy atom. The summed E-state index contributed by atoms with van der Waals surface area (Å²) in [5.74, 6) is -17.7. The van der Waals surface area contributed by atoms with Crippen LogP contribution in [0.2, 0.25) is 0 Å². The minimum absolute atomic E-state index is 8.04. The molecule has 1 unspecified atom stereocenters. The lowest BCUT2D eigenvalue weighted by molar-refractivity contribution is -0.480. The van der Waals surface area contributed by atoms with Crippen molar-refractivity contribution >= 4 is 10.1 Å². The van der Waals surface area contributed by atoms with Gasteiger partial charge in [0.2, 0.25) is 0 Å². The summed E-state index contributed by atoms with van der Waals surface area (Å²) in [5.41, 5.74) is -9.17. The van der Waals surface area contributed by atoms with Crippen LogP contribution in [0.5, 0.6) is 0 Å². The van der Waals surface area contributed by atoms with E-state index in [0.717, 1.165) is 0 Å². The Balaban J connectivity index is 8.16. The molecule has 0 aromatic rings. The van der Waals surface area contributed by atoms with Crippen LogP contribution in [0.25, 0.3) is 0 Å². The van der Waals surface area contributed by atoms with Crippen LogP contribution in [0.4, 0.5) is 74.6 Å². The van der Waals surface area contributed by atoms with Gasteiger partial charge in [-0.1, -0.05) is 0 Å². The molecule has 0 spiro atoms. The first-order valence-corrected chi connectivity index (χ1v) is 7.12. The van der Waals surface area contributed by atoms with E-state index in [1.54, 1.807) is 0 Å². The van der Waals surface area contributed by atoms with Crippen LogP contribution in [-0.2, 0) is 10.1 Å². The van der Waals surface area contributed by atoms with E-state index in [0.29, 0.717) is 0 Å². The highest BCUT2D eigenvalue weighted by Crippen LogP contribution is 2.72. The largest absolute Gasteiger partial charge is 0.460 e. The van der Waals surface area contributed by atoms with Gasteiger partial charge >= 0.3 is 57.1 Å². The lowest BCUT2D eigenvalue weighted by atomic mass is 9.75. The van der Waals surface area contributed by atoms with Crippen molar-refractivity contribution in [1.29, 1.82) is 0 Å². The Morgan fingerprint density at radius 3 is 0.828 bits per heavy atom. The molecule has 0 aliphatic heterocycles. The van der Waals surface area contributed by atoms with Crippen molar-refractivity contribution in [3.8, 4) is 0 Å². The van der Waals surface area contributed by atoms with Crippen LogP contribution in [0.3, 0.4) is 0 Å². The molecule has 3 nitrogen and oxygen atoms in total. The fraction of sp³-hybridized carbons (Fsp3) is 1.00. The van der Waals surface area contributed by atoms with Gasteiger partial charge in [-0.25, -0.2) is 4.39 Å². The highest BCUT2D eigenvalue weighted by molar-refractivity contribution is 7.87. The van der Waals surface area contributed by atoms with Crippen molar-refractivity contribution in [2.75, 3.05) is 0 Å². The van der Waals surface area contributed by atoms with Crippen LogP contribution in [0.15, 0.2) is 0 Å². The normalized spacial score (nSPS) is 18.6. The smallest absolute Gasteiger partial charge is 0.283 e. The number of alkyl halides is 17. The first kappa shape index (κ1) is 27.7. The van der Waals surface area contributed by atoms with Crippen molar-refractivity contribution in [2.45, 2.75) is 41.6 Å². The molecule has 0 aromatic heterocycles. The second kappa shape index (κ2) is 6.36. The molecule has 0 fully saturated rings. The highest BCUT2D eigenvalue weighted by atomic mass is 32.2. The van der Waals surface area contributed by atoms with Crippen molar-refractivity contribution in [1.82, 2.24) is 0 Å². The minimum atomic E-state index is -9.17. The predicted molar refractivity (Wildman–Crippen MR) is 51.9 cm³/mol. The van der Waals surface area contributed by atoms with E-state index in [2.05, 4.69) is 0 Å². The molecular weight excluding hydrogens is 499 g/mol. The van der Waals surface area contributed by atoms with Crippen molar-refractivity contribution in [3.05, 3.63) is 0 Å². The maximum Gasteiger partial charge on any atom is 0.460 e.